The normalized spacial score (nSPS) is 12.9. The summed E-state index contributed by atoms with van der Waals surface area (Å²) in [5, 5.41) is 15.4. The Bertz CT molecular complexity index is 745. The van der Waals surface area contributed by atoms with Gasteiger partial charge < -0.3 is 5.11 Å². The molecule has 0 saturated carbocycles. The van der Waals surface area contributed by atoms with E-state index in [2.05, 4.69) is 61.5 Å². The molecule has 0 aromatic heterocycles. The maximum absolute atomic E-state index is 10.5. The highest BCUT2D eigenvalue weighted by Crippen LogP contribution is 2.30. The molecule has 3 aromatic carbocycles. The van der Waals surface area contributed by atoms with E-state index >= 15 is 0 Å². The topological polar surface area (TPSA) is 20.2 Å². The molecule has 0 heterocycles. The van der Waals surface area contributed by atoms with E-state index in [0.717, 1.165) is 18.4 Å². The van der Waals surface area contributed by atoms with E-state index in [1.54, 1.807) is 0 Å². The molecule has 0 saturated heterocycles. The van der Waals surface area contributed by atoms with Gasteiger partial charge in [0.1, 0.15) is 0 Å². The van der Waals surface area contributed by atoms with Gasteiger partial charge in [-0.2, -0.15) is 0 Å². The molecule has 1 heteroatoms. The number of aliphatic hydroxyl groups is 1. The third-order valence-corrected chi connectivity index (χ3v) is 4.22. The van der Waals surface area contributed by atoms with Gasteiger partial charge in [-0.05, 0) is 45.7 Å². The molecule has 1 unspecified atom stereocenters. The zero-order valence-electron chi connectivity index (χ0n) is 12.5. The number of hydrogen-bond donors (Lipinski definition) is 1. The molecule has 1 nitrogen and oxygen atoms in total. The summed E-state index contributed by atoms with van der Waals surface area (Å²) >= 11 is 0. The van der Waals surface area contributed by atoms with Crippen molar-refractivity contribution >= 4 is 21.5 Å². The monoisotopic (exact) mass is 278 g/mol. The Balaban J connectivity index is 2.04. The lowest BCUT2D eigenvalue weighted by Gasteiger charge is -2.14. The Hall–Kier alpha value is -1.86. The molecular weight excluding hydrogens is 256 g/mol. The Morgan fingerprint density at radius 3 is 2.33 bits per heavy atom. The predicted octanol–water partition coefficient (Wildman–Crippen LogP) is 5.61. The number of benzene rings is 3. The fourth-order valence-electron chi connectivity index (χ4n) is 3.02. The maximum Gasteiger partial charge on any atom is 0.0796 e. The highest BCUT2D eigenvalue weighted by Gasteiger charge is 2.11. The number of fused-ring (bicyclic) bond motifs is 2. The van der Waals surface area contributed by atoms with Crippen LogP contribution < -0.4 is 0 Å². The van der Waals surface area contributed by atoms with Crippen molar-refractivity contribution in [3.05, 3.63) is 60.2 Å². The van der Waals surface area contributed by atoms with Gasteiger partial charge in [0.05, 0.1) is 6.10 Å². The molecule has 3 rings (SSSR count). The first-order chi connectivity index (χ1) is 10.3. The molecule has 0 aliphatic carbocycles. The largest absolute Gasteiger partial charge is 0.388 e. The summed E-state index contributed by atoms with van der Waals surface area (Å²) in [5.74, 6) is 0. The number of aliphatic hydroxyl groups excluding tert-OH is 1. The Morgan fingerprint density at radius 2 is 1.57 bits per heavy atom. The SMILES string of the molecule is CCCCCC(O)c1cccc2cc3ccccc3cc12. The van der Waals surface area contributed by atoms with Crippen molar-refractivity contribution in [2.75, 3.05) is 0 Å². The molecule has 108 valence electrons. The van der Waals surface area contributed by atoms with Crippen LogP contribution in [-0.2, 0) is 0 Å². The van der Waals surface area contributed by atoms with Crippen LogP contribution in [0.25, 0.3) is 21.5 Å². The summed E-state index contributed by atoms with van der Waals surface area (Å²) in [6, 6.07) is 19.1. The van der Waals surface area contributed by atoms with E-state index in [9.17, 15) is 5.11 Å². The molecule has 3 aromatic rings. The van der Waals surface area contributed by atoms with Gasteiger partial charge in [-0.15, -0.1) is 0 Å². The van der Waals surface area contributed by atoms with Crippen molar-refractivity contribution in [1.82, 2.24) is 0 Å². The van der Waals surface area contributed by atoms with Crippen molar-refractivity contribution < 1.29 is 5.11 Å². The fourth-order valence-corrected chi connectivity index (χ4v) is 3.02. The van der Waals surface area contributed by atoms with E-state index < -0.39 is 0 Å². The second-order valence-corrected chi connectivity index (χ2v) is 5.78. The minimum absolute atomic E-state index is 0.360. The lowest BCUT2D eigenvalue weighted by Crippen LogP contribution is -1.98. The zero-order chi connectivity index (χ0) is 14.7. The van der Waals surface area contributed by atoms with Crippen LogP contribution >= 0.6 is 0 Å². The van der Waals surface area contributed by atoms with Gasteiger partial charge in [0.2, 0.25) is 0 Å². The van der Waals surface area contributed by atoms with Crippen LogP contribution in [0.1, 0.15) is 44.3 Å². The van der Waals surface area contributed by atoms with Gasteiger partial charge in [-0.3, -0.25) is 0 Å². The van der Waals surface area contributed by atoms with Crippen molar-refractivity contribution in [3.8, 4) is 0 Å². The standard InChI is InChI=1S/C20H22O/c1-2-3-4-12-20(21)18-11-7-10-17-13-15-8-5-6-9-16(15)14-19(17)18/h5-11,13-14,20-21H,2-4,12H2,1H3. The van der Waals surface area contributed by atoms with Gasteiger partial charge in [0, 0.05) is 0 Å². The highest BCUT2D eigenvalue weighted by atomic mass is 16.3. The predicted molar refractivity (Wildman–Crippen MR) is 90.6 cm³/mol. The van der Waals surface area contributed by atoms with Crippen molar-refractivity contribution in [2.24, 2.45) is 0 Å². The van der Waals surface area contributed by atoms with Crippen LogP contribution in [0, 0.1) is 0 Å². The molecule has 0 aliphatic rings. The fraction of sp³-hybridized carbons (Fsp3) is 0.300. The second-order valence-electron chi connectivity index (χ2n) is 5.78. The van der Waals surface area contributed by atoms with Crippen LogP contribution in [-0.4, -0.2) is 5.11 Å². The van der Waals surface area contributed by atoms with Gasteiger partial charge in [-0.1, -0.05) is 68.7 Å². The average molecular weight is 278 g/mol. The van der Waals surface area contributed by atoms with Crippen LogP contribution in [0.5, 0.6) is 0 Å². The first-order valence-corrected chi connectivity index (χ1v) is 7.89. The number of unbranched alkanes of at least 4 members (excludes halogenated alkanes) is 2. The van der Waals surface area contributed by atoms with Crippen LogP contribution in [0.4, 0.5) is 0 Å². The van der Waals surface area contributed by atoms with Crippen LogP contribution in [0.2, 0.25) is 0 Å². The first-order valence-electron chi connectivity index (χ1n) is 7.89. The molecular formula is C20H22O. The Morgan fingerprint density at radius 1 is 0.857 bits per heavy atom. The lowest BCUT2D eigenvalue weighted by molar-refractivity contribution is 0.165. The maximum atomic E-state index is 10.5. The van der Waals surface area contributed by atoms with Crippen LogP contribution in [0.3, 0.4) is 0 Å². The molecule has 0 spiro atoms. The molecule has 0 fully saturated rings. The third kappa shape index (κ3) is 2.93. The molecule has 1 N–H and O–H groups in total. The summed E-state index contributed by atoms with van der Waals surface area (Å²) in [5.41, 5.74) is 1.06. The Kier molecular flexibility index (Phi) is 4.21. The third-order valence-electron chi connectivity index (χ3n) is 4.22. The minimum atomic E-state index is -0.360. The number of rotatable bonds is 5. The summed E-state index contributed by atoms with van der Waals surface area (Å²) in [7, 11) is 0. The summed E-state index contributed by atoms with van der Waals surface area (Å²) in [6.45, 7) is 2.19. The quantitative estimate of drug-likeness (QED) is 0.475. The van der Waals surface area contributed by atoms with E-state index in [0.29, 0.717) is 0 Å². The van der Waals surface area contributed by atoms with Gasteiger partial charge in [-0.25, -0.2) is 0 Å². The lowest BCUT2D eigenvalue weighted by atomic mass is 9.95. The zero-order valence-corrected chi connectivity index (χ0v) is 12.5. The van der Waals surface area contributed by atoms with Crippen molar-refractivity contribution in [3.63, 3.8) is 0 Å². The van der Waals surface area contributed by atoms with Gasteiger partial charge >= 0.3 is 0 Å². The Labute approximate surface area is 126 Å². The highest BCUT2D eigenvalue weighted by molar-refractivity contribution is 5.99. The van der Waals surface area contributed by atoms with E-state index in [4.69, 9.17) is 0 Å². The van der Waals surface area contributed by atoms with Gasteiger partial charge in [0.25, 0.3) is 0 Å². The first kappa shape index (κ1) is 14.1. The molecule has 0 aliphatic heterocycles. The van der Waals surface area contributed by atoms with Gasteiger partial charge in [0.15, 0.2) is 0 Å². The smallest absolute Gasteiger partial charge is 0.0796 e. The molecule has 0 bridgehead atoms. The van der Waals surface area contributed by atoms with Crippen molar-refractivity contribution in [2.45, 2.75) is 38.7 Å². The average Bonchev–Trinajstić information content (AvgIpc) is 2.52. The second kappa shape index (κ2) is 6.28. The van der Waals surface area contributed by atoms with Crippen LogP contribution in [0.15, 0.2) is 54.6 Å². The van der Waals surface area contributed by atoms with E-state index in [1.165, 1.54) is 34.4 Å². The van der Waals surface area contributed by atoms with E-state index in [-0.39, 0.29) is 6.10 Å². The molecule has 1 atom stereocenters. The summed E-state index contributed by atoms with van der Waals surface area (Å²) in [6.07, 6.45) is 3.94. The molecule has 21 heavy (non-hydrogen) atoms. The van der Waals surface area contributed by atoms with E-state index in [1.807, 2.05) is 0 Å². The summed E-state index contributed by atoms with van der Waals surface area (Å²) in [4.78, 5) is 0. The number of hydrogen-bond acceptors (Lipinski definition) is 1. The summed E-state index contributed by atoms with van der Waals surface area (Å²) < 4.78 is 0. The molecule has 0 radical (unpaired) electrons. The minimum Gasteiger partial charge on any atom is -0.388 e. The molecule has 0 amide bonds. The van der Waals surface area contributed by atoms with Crippen molar-refractivity contribution in [1.29, 1.82) is 0 Å².